The average Bonchev–Trinajstić information content (AvgIpc) is 3.04. The molecule has 3 aromatic rings. The summed E-state index contributed by atoms with van der Waals surface area (Å²) < 4.78 is 34.0. The van der Waals surface area contributed by atoms with E-state index in [9.17, 15) is 13.6 Å². The Balaban J connectivity index is 1.61. The molecule has 0 atom stereocenters. The number of hydrogen-bond donors (Lipinski definition) is 1. The lowest BCUT2D eigenvalue weighted by Gasteiger charge is -2.10. The lowest BCUT2D eigenvalue weighted by molar-refractivity contribution is -0.118. The number of ether oxygens (including phenoxy) is 2. The van der Waals surface area contributed by atoms with Crippen molar-refractivity contribution in [1.29, 1.82) is 0 Å². The molecule has 0 unspecified atom stereocenters. The fraction of sp³-hybridized carbons (Fsp3) is 0.133. The van der Waals surface area contributed by atoms with Gasteiger partial charge in [-0.1, -0.05) is 11.6 Å². The summed E-state index contributed by atoms with van der Waals surface area (Å²) >= 11 is 7.26. The highest BCUT2D eigenvalue weighted by Crippen LogP contribution is 2.29. The number of nitrogens with zero attached hydrogens (tertiary/aromatic N) is 2. The van der Waals surface area contributed by atoms with Gasteiger partial charge < -0.3 is 14.8 Å². The number of aromatic nitrogens is 2. The predicted octanol–water partition coefficient (Wildman–Crippen LogP) is 3.96. The highest BCUT2D eigenvalue weighted by Gasteiger charge is 2.12. The van der Waals surface area contributed by atoms with Crippen LogP contribution < -0.4 is 14.8 Å². The van der Waals surface area contributed by atoms with E-state index in [4.69, 9.17) is 16.3 Å². The third kappa shape index (κ3) is 4.31. The Bertz CT molecular complexity index is 907. The van der Waals surface area contributed by atoms with Crippen molar-refractivity contribution in [2.45, 2.75) is 6.61 Å². The molecule has 2 aromatic heterocycles. The largest absolute Gasteiger partial charge is 0.467 e. The number of carbonyl (C=O) groups is 1. The third-order valence-corrected chi connectivity index (χ3v) is 4.11. The topological polar surface area (TPSA) is 73.3 Å². The fourth-order valence-electron chi connectivity index (χ4n) is 1.98. The molecule has 0 spiro atoms. The van der Waals surface area contributed by atoms with Gasteiger partial charge in [0.25, 0.3) is 5.91 Å². The highest BCUT2D eigenvalue weighted by molar-refractivity contribution is 7.16. The lowest BCUT2D eigenvalue weighted by atomic mass is 10.3. The molecule has 1 aromatic carbocycles. The molecular formula is C15H10ClF2N3O3S. The number of carbonyl (C=O) groups excluding carboxylic acids is 1. The van der Waals surface area contributed by atoms with Crippen LogP contribution in [0.4, 0.5) is 14.5 Å². The van der Waals surface area contributed by atoms with Gasteiger partial charge in [-0.15, -0.1) is 11.3 Å². The molecule has 1 amide bonds. The summed E-state index contributed by atoms with van der Waals surface area (Å²) in [5.74, 6) is -0.326. The maximum Gasteiger partial charge on any atom is 0.387 e. The maximum absolute atomic E-state index is 12.2. The summed E-state index contributed by atoms with van der Waals surface area (Å²) in [7, 11) is 0. The molecule has 3 rings (SSSR count). The summed E-state index contributed by atoms with van der Waals surface area (Å²) in [5, 5.41) is 5.06. The molecule has 0 radical (unpaired) electrons. The van der Waals surface area contributed by atoms with Crippen LogP contribution in [-0.4, -0.2) is 29.1 Å². The van der Waals surface area contributed by atoms with E-state index in [1.807, 2.05) is 5.38 Å². The minimum absolute atomic E-state index is 0.0465. The van der Waals surface area contributed by atoms with Crippen molar-refractivity contribution >= 4 is 44.7 Å². The molecular weight excluding hydrogens is 376 g/mol. The molecule has 6 nitrogen and oxygen atoms in total. The number of hydrogen-bond acceptors (Lipinski definition) is 6. The first kappa shape index (κ1) is 17.3. The van der Waals surface area contributed by atoms with Crippen molar-refractivity contribution in [3.63, 3.8) is 0 Å². The van der Waals surface area contributed by atoms with E-state index in [0.717, 1.165) is 10.2 Å². The minimum Gasteiger partial charge on any atom is -0.467 e. The van der Waals surface area contributed by atoms with Crippen LogP contribution in [0.2, 0.25) is 5.02 Å². The molecule has 1 N–H and O–H groups in total. The number of anilines is 1. The van der Waals surface area contributed by atoms with Gasteiger partial charge in [-0.25, -0.2) is 9.97 Å². The molecule has 10 heteroatoms. The summed E-state index contributed by atoms with van der Waals surface area (Å²) in [6.07, 6.45) is 1.35. The number of thiophene rings is 1. The van der Waals surface area contributed by atoms with Crippen LogP contribution in [0.15, 0.2) is 36.0 Å². The van der Waals surface area contributed by atoms with Crippen molar-refractivity contribution in [3.8, 4) is 11.6 Å². The molecule has 130 valence electrons. The Hall–Kier alpha value is -2.52. The molecule has 0 aliphatic carbocycles. The van der Waals surface area contributed by atoms with Gasteiger partial charge in [0, 0.05) is 5.69 Å². The maximum atomic E-state index is 12.2. The van der Waals surface area contributed by atoms with Gasteiger partial charge in [0.05, 0.1) is 10.4 Å². The number of fused-ring (bicyclic) bond motifs is 1. The van der Waals surface area contributed by atoms with E-state index in [-0.39, 0.29) is 17.4 Å². The quantitative estimate of drug-likeness (QED) is 0.695. The first-order valence-electron chi connectivity index (χ1n) is 6.88. The van der Waals surface area contributed by atoms with Gasteiger partial charge in [-0.2, -0.15) is 8.78 Å². The smallest absolute Gasteiger partial charge is 0.387 e. The van der Waals surface area contributed by atoms with Crippen molar-refractivity contribution in [3.05, 3.63) is 41.0 Å². The monoisotopic (exact) mass is 385 g/mol. The molecule has 25 heavy (non-hydrogen) atoms. The first-order valence-corrected chi connectivity index (χ1v) is 8.14. The number of rotatable bonds is 6. The zero-order chi connectivity index (χ0) is 17.8. The molecule has 0 saturated heterocycles. The number of benzene rings is 1. The standard InChI is InChI=1S/C15H10ClF2N3O3S/c16-10-5-8(1-2-11(10)24-15(17)18)21-12(22)6-23-13-9-3-4-25-14(9)20-7-19-13/h1-5,7,15H,6H2,(H,21,22). The van der Waals surface area contributed by atoms with Crippen molar-refractivity contribution in [2.24, 2.45) is 0 Å². The Labute approximate surface area is 149 Å². The summed E-state index contributed by atoms with van der Waals surface area (Å²) in [5.41, 5.74) is 0.323. The Morgan fingerprint density at radius 3 is 2.92 bits per heavy atom. The van der Waals surface area contributed by atoms with Gasteiger partial charge >= 0.3 is 6.61 Å². The second-order valence-electron chi connectivity index (χ2n) is 4.68. The van der Waals surface area contributed by atoms with E-state index in [1.165, 1.54) is 35.9 Å². The fourth-order valence-corrected chi connectivity index (χ4v) is 2.93. The Morgan fingerprint density at radius 2 is 2.16 bits per heavy atom. The van der Waals surface area contributed by atoms with Crippen LogP contribution in [0.3, 0.4) is 0 Å². The summed E-state index contributed by atoms with van der Waals surface area (Å²) in [4.78, 5) is 20.8. The zero-order valence-electron chi connectivity index (χ0n) is 12.4. The van der Waals surface area contributed by atoms with Crippen molar-refractivity contribution < 1.29 is 23.0 Å². The van der Waals surface area contributed by atoms with Crippen LogP contribution in [-0.2, 0) is 4.79 Å². The minimum atomic E-state index is -2.98. The molecule has 2 heterocycles. The molecule has 0 aliphatic rings. The van der Waals surface area contributed by atoms with Gasteiger partial charge in [0.1, 0.15) is 16.9 Å². The lowest BCUT2D eigenvalue weighted by Crippen LogP contribution is -2.20. The van der Waals surface area contributed by atoms with E-state index in [0.29, 0.717) is 11.6 Å². The van der Waals surface area contributed by atoms with Crippen molar-refractivity contribution in [1.82, 2.24) is 9.97 Å². The second kappa shape index (κ2) is 7.58. The van der Waals surface area contributed by atoms with E-state index < -0.39 is 12.5 Å². The van der Waals surface area contributed by atoms with E-state index in [2.05, 4.69) is 20.0 Å². The second-order valence-corrected chi connectivity index (χ2v) is 5.98. The SMILES string of the molecule is O=C(COc1ncnc2sccc12)Nc1ccc(OC(F)F)c(Cl)c1. The van der Waals surface area contributed by atoms with Gasteiger partial charge in [-0.05, 0) is 29.6 Å². The average molecular weight is 386 g/mol. The van der Waals surface area contributed by atoms with Gasteiger partial charge in [0.15, 0.2) is 6.61 Å². The van der Waals surface area contributed by atoms with Crippen LogP contribution in [0.25, 0.3) is 10.2 Å². The van der Waals surface area contributed by atoms with Crippen LogP contribution >= 0.6 is 22.9 Å². The first-order chi connectivity index (χ1) is 12.0. The summed E-state index contributed by atoms with van der Waals surface area (Å²) in [6, 6.07) is 5.74. The van der Waals surface area contributed by atoms with E-state index in [1.54, 1.807) is 6.07 Å². The van der Waals surface area contributed by atoms with E-state index >= 15 is 0 Å². The van der Waals surface area contributed by atoms with Gasteiger partial charge in [0.2, 0.25) is 5.88 Å². The van der Waals surface area contributed by atoms with Gasteiger partial charge in [-0.3, -0.25) is 4.79 Å². The van der Waals surface area contributed by atoms with Crippen LogP contribution in [0.1, 0.15) is 0 Å². The molecule has 0 bridgehead atoms. The van der Waals surface area contributed by atoms with Crippen LogP contribution in [0, 0.1) is 0 Å². The predicted molar refractivity (Wildman–Crippen MR) is 89.6 cm³/mol. The molecule has 0 aliphatic heterocycles. The summed E-state index contributed by atoms with van der Waals surface area (Å²) in [6.45, 7) is -3.26. The zero-order valence-corrected chi connectivity index (χ0v) is 14.0. The number of amides is 1. The normalized spacial score (nSPS) is 10.9. The highest BCUT2D eigenvalue weighted by atomic mass is 35.5. The van der Waals surface area contributed by atoms with Crippen LogP contribution in [0.5, 0.6) is 11.6 Å². The molecule has 0 fully saturated rings. The number of alkyl halides is 2. The number of halogens is 3. The third-order valence-electron chi connectivity index (χ3n) is 3.00. The Morgan fingerprint density at radius 1 is 1.32 bits per heavy atom. The Kier molecular flexibility index (Phi) is 5.25. The number of nitrogens with one attached hydrogen (secondary N) is 1. The molecule has 0 saturated carbocycles. The van der Waals surface area contributed by atoms with Crippen molar-refractivity contribution in [2.75, 3.05) is 11.9 Å².